The minimum Gasteiger partial charge on any atom is -0.480 e. The Bertz CT molecular complexity index is 204. The van der Waals surface area contributed by atoms with Crippen LogP contribution in [0.5, 0.6) is 0 Å². The van der Waals surface area contributed by atoms with E-state index in [1.165, 1.54) is 0 Å². The van der Waals surface area contributed by atoms with E-state index in [2.05, 4.69) is 0 Å². The number of carbonyl (C=O) groups excluding carboxylic acids is 1. The van der Waals surface area contributed by atoms with E-state index in [0.29, 0.717) is 6.42 Å². The molecule has 0 radical (unpaired) electrons. The number of carbonyl (C=O) groups is 2. The molecule has 1 aliphatic rings. The molecule has 1 fully saturated rings. The molecule has 1 saturated heterocycles. The number of hydroxylamine groups is 2. The average molecular weight is 173 g/mol. The van der Waals surface area contributed by atoms with Gasteiger partial charge in [0.1, 0.15) is 6.54 Å². The van der Waals surface area contributed by atoms with Gasteiger partial charge < -0.3 is 5.11 Å². The second-order valence-electron chi connectivity index (χ2n) is 2.66. The number of aliphatic carboxylic acids is 1. The molecule has 12 heavy (non-hydrogen) atoms. The molecule has 1 aliphatic heterocycles. The molecule has 5 nitrogen and oxygen atoms in total. The zero-order chi connectivity index (χ0) is 9.14. The fraction of sp³-hybridized carbons (Fsp3) is 0.714. The van der Waals surface area contributed by atoms with Gasteiger partial charge in [-0.2, -0.15) is 0 Å². The van der Waals surface area contributed by atoms with Crippen LogP contribution in [0.15, 0.2) is 0 Å². The van der Waals surface area contributed by atoms with Crippen LogP contribution in [-0.2, 0) is 14.4 Å². The molecule has 1 atom stereocenters. The van der Waals surface area contributed by atoms with Crippen molar-refractivity contribution in [3.63, 3.8) is 0 Å². The lowest BCUT2D eigenvalue weighted by atomic mass is 10.2. The number of amides is 1. The summed E-state index contributed by atoms with van der Waals surface area (Å²) in [5, 5.41) is 9.29. The molecular weight excluding hydrogens is 162 g/mol. The third-order valence-electron chi connectivity index (χ3n) is 1.69. The standard InChI is InChI=1S/C7H11NO4/c1-2-5-3-6(9)8(12-5)4-7(10)11/h5H,2-4H2,1H3,(H,10,11). The van der Waals surface area contributed by atoms with Crippen LogP contribution in [0.25, 0.3) is 0 Å². The van der Waals surface area contributed by atoms with E-state index >= 15 is 0 Å². The molecule has 1 heterocycles. The first-order valence-corrected chi connectivity index (χ1v) is 3.82. The SMILES string of the molecule is CCC1CC(=O)N(CC(=O)O)O1. The Labute approximate surface area is 69.9 Å². The Balaban J connectivity index is 2.46. The first kappa shape index (κ1) is 8.99. The number of carboxylic acid groups (broad SMARTS) is 1. The third kappa shape index (κ3) is 1.94. The molecular formula is C7H11NO4. The summed E-state index contributed by atoms with van der Waals surface area (Å²) >= 11 is 0. The molecule has 1 amide bonds. The van der Waals surface area contributed by atoms with Crippen LogP contribution in [0.2, 0.25) is 0 Å². The van der Waals surface area contributed by atoms with Gasteiger partial charge in [-0.15, -0.1) is 0 Å². The monoisotopic (exact) mass is 173 g/mol. The molecule has 68 valence electrons. The summed E-state index contributed by atoms with van der Waals surface area (Å²) in [6.45, 7) is 1.53. The van der Waals surface area contributed by atoms with Crippen LogP contribution in [0.3, 0.4) is 0 Å². The van der Waals surface area contributed by atoms with Gasteiger partial charge in [-0.25, -0.2) is 5.06 Å². The van der Waals surface area contributed by atoms with Crippen molar-refractivity contribution >= 4 is 11.9 Å². The predicted molar refractivity (Wildman–Crippen MR) is 39.1 cm³/mol. The lowest BCUT2D eigenvalue weighted by Crippen LogP contribution is -2.29. The lowest BCUT2D eigenvalue weighted by Gasteiger charge is -2.12. The topological polar surface area (TPSA) is 66.8 Å². The van der Waals surface area contributed by atoms with E-state index < -0.39 is 5.97 Å². The summed E-state index contributed by atoms with van der Waals surface area (Å²) < 4.78 is 0. The quantitative estimate of drug-likeness (QED) is 0.653. The molecule has 0 aliphatic carbocycles. The largest absolute Gasteiger partial charge is 0.480 e. The summed E-state index contributed by atoms with van der Waals surface area (Å²) in [5.41, 5.74) is 0. The van der Waals surface area contributed by atoms with Crippen LogP contribution in [0.1, 0.15) is 19.8 Å². The van der Waals surface area contributed by atoms with Crippen molar-refractivity contribution in [2.75, 3.05) is 6.54 Å². The summed E-state index contributed by atoms with van der Waals surface area (Å²) in [4.78, 5) is 26.3. The molecule has 1 unspecified atom stereocenters. The van der Waals surface area contributed by atoms with Gasteiger partial charge in [0.2, 0.25) is 5.91 Å². The van der Waals surface area contributed by atoms with Gasteiger partial charge in [0.25, 0.3) is 0 Å². The van der Waals surface area contributed by atoms with Crippen LogP contribution in [-0.4, -0.2) is 34.7 Å². The summed E-state index contributed by atoms with van der Waals surface area (Å²) in [6, 6.07) is 0. The highest BCUT2D eigenvalue weighted by Crippen LogP contribution is 2.16. The van der Waals surface area contributed by atoms with Gasteiger partial charge in [-0.05, 0) is 6.42 Å². The van der Waals surface area contributed by atoms with Gasteiger partial charge in [0, 0.05) is 0 Å². The maximum Gasteiger partial charge on any atom is 0.325 e. The number of rotatable bonds is 3. The van der Waals surface area contributed by atoms with Crippen molar-refractivity contribution in [3.8, 4) is 0 Å². The Hall–Kier alpha value is -1.10. The molecule has 1 rings (SSSR count). The van der Waals surface area contributed by atoms with Gasteiger partial charge in [0.15, 0.2) is 0 Å². The fourth-order valence-corrected chi connectivity index (χ4v) is 1.04. The minimum atomic E-state index is -1.06. The second kappa shape index (κ2) is 3.53. The van der Waals surface area contributed by atoms with Crippen molar-refractivity contribution in [2.45, 2.75) is 25.9 Å². The first-order valence-electron chi connectivity index (χ1n) is 3.82. The Morgan fingerprint density at radius 2 is 2.50 bits per heavy atom. The molecule has 0 aromatic heterocycles. The molecule has 1 N–H and O–H groups in total. The number of hydrogen-bond donors (Lipinski definition) is 1. The molecule has 0 spiro atoms. The van der Waals surface area contributed by atoms with E-state index in [-0.39, 0.29) is 18.6 Å². The molecule has 5 heteroatoms. The molecule has 0 saturated carbocycles. The summed E-state index contributed by atoms with van der Waals surface area (Å²) in [7, 11) is 0. The van der Waals surface area contributed by atoms with Crippen LogP contribution in [0, 0.1) is 0 Å². The maximum atomic E-state index is 11.0. The maximum absolute atomic E-state index is 11.0. The minimum absolute atomic E-state index is 0.142. The Kier molecular flexibility index (Phi) is 2.65. The van der Waals surface area contributed by atoms with E-state index in [0.717, 1.165) is 11.5 Å². The normalized spacial score (nSPS) is 23.2. The predicted octanol–water partition coefficient (Wildman–Crippen LogP) is 0.0135. The third-order valence-corrected chi connectivity index (χ3v) is 1.69. The second-order valence-corrected chi connectivity index (χ2v) is 2.66. The Morgan fingerprint density at radius 3 is 2.92 bits per heavy atom. The van der Waals surface area contributed by atoms with Crippen LogP contribution < -0.4 is 0 Å². The first-order chi connectivity index (χ1) is 5.63. The lowest BCUT2D eigenvalue weighted by molar-refractivity contribution is -0.181. The van der Waals surface area contributed by atoms with E-state index in [1.54, 1.807) is 0 Å². The van der Waals surface area contributed by atoms with E-state index in [4.69, 9.17) is 9.94 Å². The van der Waals surface area contributed by atoms with Crippen LogP contribution >= 0.6 is 0 Å². The van der Waals surface area contributed by atoms with E-state index in [1.807, 2.05) is 6.92 Å². The van der Waals surface area contributed by atoms with Crippen molar-refractivity contribution in [1.29, 1.82) is 0 Å². The molecule has 0 aromatic rings. The van der Waals surface area contributed by atoms with Crippen LogP contribution in [0.4, 0.5) is 0 Å². The van der Waals surface area contributed by atoms with Gasteiger partial charge in [-0.3, -0.25) is 14.4 Å². The van der Waals surface area contributed by atoms with Crippen molar-refractivity contribution in [3.05, 3.63) is 0 Å². The van der Waals surface area contributed by atoms with Gasteiger partial charge in [-0.1, -0.05) is 6.92 Å². The smallest absolute Gasteiger partial charge is 0.325 e. The molecule has 0 bridgehead atoms. The highest BCUT2D eigenvalue weighted by atomic mass is 16.7. The number of carboxylic acids is 1. The number of nitrogens with zero attached hydrogens (tertiary/aromatic N) is 1. The van der Waals surface area contributed by atoms with Gasteiger partial charge in [0.05, 0.1) is 12.5 Å². The summed E-state index contributed by atoms with van der Waals surface area (Å²) in [6.07, 6.45) is 0.878. The zero-order valence-corrected chi connectivity index (χ0v) is 6.82. The highest BCUT2D eigenvalue weighted by molar-refractivity contribution is 5.81. The zero-order valence-electron chi connectivity index (χ0n) is 6.82. The van der Waals surface area contributed by atoms with Crippen molar-refractivity contribution in [1.82, 2.24) is 5.06 Å². The Morgan fingerprint density at radius 1 is 1.83 bits per heavy atom. The fourth-order valence-electron chi connectivity index (χ4n) is 1.04. The van der Waals surface area contributed by atoms with Crippen molar-refractivity contribution < 1.29 is 19.5 Å². The van der Waals surface area contributed by atoms with Crippen molar-refractivity contribution in [2.24, 2.45) is 0 Å². The number of hydrogen-bond acceptors (Lipinski definition) is 3. The average Bonchev–Trinajstić information content (AvgIpc) is 2.31. The van der Waals surface area contributed by atoms with E-state index in [9.17, 15) is 9.59 Å². The van der Waals surface area contributed by atoms with Gasteiger partial charge >= 0.3 is 5.97 Å². The molecule has 0 aromatic carbocycles. The highest BCUT2D eigenvalue weighted by Gasteiger charge is 2.30. The summed E-state index contributed by atoms with van der Waals surface area (Å²) in [5.74, 6) is -1.30.